The van der Waals surface area contributed by atoms with E-state index in [2.05, 4.69) is 4.99 Å². The molecule has 0 spiro atoms. The first-order chi connectivity index (χ1) is 12.6. The summed E-state index contributed by atoms with van der Waals surface area (Å²) in [4.78, 5) is 27.1. The van der Waals surface area contributed by atoms with Crippen molar-refractivity contribution in [2.24, 2.45) is 4.99 Å². The van der Waals surface area contributed by atoms with Gasteiger partial charge in [-0.05, 0) is 24.4 Å². The van der Waals surface area contributed by atoms with Crippen LogP contribution < -0.4 is 4.80 Å². The second kappa shape index (κ2) is 6.23. The van der Waals surface area contributed by atoms with Gasteiger partial charge in [0.1, 0.15) is 4.92 Å². The van der Waals surface area contributed by atoms with Gasteiger partial charge in [0.2, 0.25) is 5.76 Å². The largest absolute Gasteiger partial charge is 0.433 e. The first-order valence-corrected chi connectivity index (χ1v) is 8.74. The summed E-state index contributed by atoms with van der Waals surface area (Å²) in [6.45, 7) is 2.62. The Bertz CT molecular complexity index is 1230. The van der Waals surface area contributed by atoms with Crippen LogP contribution in [0.25, 0.3) is 21.0 Å². The van der Waals surface area contributed by atoms with Crippen LogP contribution in [0.5, 0.6) is 0 Å². The van der Waals surface area contributed by atoms with Gasteiger partial charge in [0.05, 0.1) is 16.3 Å². The minimum absolute atomic E-state index is 0.151. The number of amides is 1. The molecular weight excluding hydrogens is 354 g/mol. The summed E-state index contributed by atoms with van der Waals surface area (Å²) in [6.07, 6.45) is 0. The van der Waals surface area contributed by atoms with Crippen molar-refractivity contribution in [2.75, 3.05) is 0 Å². The van der Waals surface area contributed by atoms with Crippen molar-refractivity contribution >= 4 is 44.1 Å². The van der Waals surface area contributed by atoms with Crippen LogP contribution in [0.4, 0.5) is 5.88 Å². The molecule has 0 unspecified atom stereocenters. The molecule has 2 heterocycles. The number of hydrogen-bond donors (Lipinski definition) is 0. The molecule has 8 heteroatoms. The van der Waals surface area contributed by atoms with E-state index in [-0.39, 0.29) is 5.76 Å². The van der Waals surface area contributed by atoms with Crippen LogP contribution in [-0.4, -0.2) is 15.4 Å². The van der Waals surface area contributed by atoms with E-state index in [4.69, 9.17) is 4.42 Å². The van der Waals surface area contributed by atoms with Crippen LogP contribution in [0.15, 0.2) is 57.9 Å². The molecule has 0 bridgehead atoms. The fourth-order valence-electron chi connectivity index (χ4n) is 2.87. The molecule has 0 radical (unpaired) electrons. The third-order valence-electron chi connectivity index (χ3n) is 4.07. The van der Waals surface area contributed by atoms with Crippen molar-refractivity contribution in [1.82, 2.24) is 4.57 Å². The molecule has 0 N–H and O–H groups in total. The Labute approximate surface area is 151 Å². The third kappa shape index (κ3) is 2.60. The standard InChI is InChI=1S/C18H13N3O4S/c1-2-20-13-8-7-11-5-3-4-6-12(11)16(13)26-18(20)19-17(22)14-9-10-15(25-14)21(23)24/h3-10H,2H2,1H3. The Balaban J connectivity index is 1.89. The summed E-state index contributed by atoms with van der Waals surface area (Å²) in [7, 11) is 0. The van der Waals surface area contributed by atoms with E-state index in [0.29, 0.717) is 11.3 Å². The number of furan rings is 1. The van der Waals surface area contributed by atoms with Crippen molar-refractivity contribution < 1.29 is 14.1 Å². The van der Waals surface area contributed by atoms with E-state index >= 15 is 0 Å². The zero-order chi connectivity index (χ0) is 18.3. The number of nitrogens with zero attached hydrogens (tertiary/aromatic N) is 3. The molecule has 7 nitrogen and oxygen atoms in total. The maximum absolute atomic E-state index is 12.4. The molecule has 2 aromatic carbocycles. The summed E-state index contributed by atoms with van der Waals surface area (Å²) >= 11 is 1.41. The minimum Gasteiger partial charge on any atom is -0.395 e. The smallest absolute Gasteiger partial charge is 0.395 e. The lowest BCUT2D eigenvalue weighted by Gasteiger charge is -2.02. The van der Waals surface area contributed by atoms with Crippen LogP contribution >= 0.6 is 11.3 Å². The monoisotopic (exact) mass is 367 g/mol. The Morgan fingerprint density at radius 2 is 2.04 bits per heavy atom. The summed E-state index contributed by atoms with van der Waals surface area (Å²) in [6, 6.07) is 14.5. The lowest BCUT2D eigenvalue weighted by Crippen LogP contribution is -2.15. The number of carbonyl (C=O) groups is 1. The third-order valence-corrected chi connectivity index (χ3v) is 5.20. The predicted octanol–water partition coefficient (Wildman–Crippen LogP) is 4.12. The summed E-state index contributed by atoms with van der Waals surface area (Å²) in [5.74, 6) is -1.27. The molecule has 0 aliphatic carbocycles. The maximum atomic E-state index is 12.4. The van der Waals surface area contributed by atoms with Crippen molar-refractivity contribution in [3.63, 3.8) is 0 Å². The van der Waals surface area contributed by atoms with Crippen molar-refractivity contribution in [2.45, 2.75) is 13.5 Å². The molecule has 0 fully saturated rings. The highest BCUT2D eigenvalue weighted by Crippen LogP contribution is 2.27. The lowest BCUT2D eigenvalue weighted by atomic mass is 10.1. The number of benzene rings is 2. The molecule has 0 atom stereocenters. The van der Waals surface area contributed by atoms with Gasteiger partial charge in [-0.15, -0.1) is 0 Å². The normalized spacial score (nSPS) is 12.1. The Morgan fingerprint density at radius 3 is 2.77 bits per heavy atom. The van der Waals surface area contributed by atoms with Crippen LogP contribution in [-0.2, 0) is 6.54 Å². The highest BCUT2D eigenvalue weighted by atomic mass is 32.1. The predicted molar refractivity (Wildman–Crippen MR) is 98.3 cm³/mol. The van der Waals surface area contributed by atoms with Crippen LogP contribution in [0.3, 0.4) is 0 Å². The fourth-order valence-corrected chi connectivity index (χ4v) is 4.10. The second-order valence-corrected chi connectivity index (χ2v) is 6.55. The van der Waals surface area contributed by atoms with Gasteiger partial charge < -0.3 is 8.98 Å². The highest BCUT2D eigenvalue weighted by molar-refractivity contribution is 7.17. The van der Waals surface area contributed by atoms with Gasteiger partial charge in [-0.1, -0.05) is 41.7 Å². The first-order valence-electron chi connectivity index (χ1n) is 7.93. The number of aromatic nitrogens is 1. The zero-order valence-corrected chi connectivity index (χ0v) is 14.5. The van der Waals surface area contributed by atoms with Crippen LogP contribution in [0.2, 0.25) is 0 Å². The van der Waals surface area contributed by atoms with E-state index in [1.165, 1.54) is 17.4 Å². The Kier molecular flexibility index (Phi) is 3.89. The molecule has 26 heavy (non-hydrogen) atoms. The number of hydrogen-bond acceptors (Lipinski definition) is 5. The van der Waals surface area contributed by atoms with Crippen molar-refractivity contribution in [3.05, 3.63) is 69.2 Å². The maximum Gasteiger partial charge on any atom is 0.433 e. The molecule has 1 amide bonds. The molecule has 0 aliphatic rings. The first kappa shape index (κ1) is 16.2. The molecule has 0 saturated heterocycles. The second-order valence-electron chi connectivity index (χ2n) is 5.58. The topological polar surface area (TPSA) is 90.6 Å². The summed E-state index contributed by atoms with van der Waals surface area (Å²) in [5, 5.41) is 12.9. The van der Waals surface area contributed by atoms with Crippen LogP contribution in [0, 0.1) is 10.1 Å². The number of carbonyl (C=O) groups excluding carboxylic acids is 1. The number of fused-ring (bicyclic) bond motifs is 3. The average Bonchev–Trinajstić information content (AvgIpc) is 3.26. The number of thiazole rings is 1. The fraction of sp³-hybridized carbons (Fsp3) is 0.111. The molecule has 4 rings (SSSR count). The van der Waals surface area contributed by atoms with Crippen LogP contribution in [0.1, 0.15) is 17.5 Å². The highest BCUT2D eigenvalue weighted by Gasteiger charge is 2.17. The molecule has 2 aromatic heterocycles. The summed E-state index contributed by atoms with van der Waals surface area (Å²) < 4.78 is 7.94. The van der Waals surface area contributed by atoms with E-state index in [1.54, 1.807) is 0 Å². The van der Waals surface area contributed by atoms with Crippen molar-refractivity contribution in [1.29, 1.82) is 0 Å². The molecule has 130 valence electrons. The van der Waals surface area contributed by atoms with Gasteiger partial charge in [0.15, 0.2) is 4.80 Å². The minimum atomic E-state index is -0.686. The SMILES string of the molecule is CCn1c(=NC(=O)c2ccc([N+](=O)[O-])o2)sc2c3ccccc3ccc21. The Hall–Kier alpha value is -3.26. The quantitative estimate of drug-likeness (QED) is 0.402. The Morgan fingerprint density at radius 1 is 1.23 bits per heavy atom. The van der Waals surface area contributed by atoms with Gasteiger partial charge >= 0.3 is 11.8 Å². The van der Waals surface area contributed by atoms with E-state index in [9.17, 15) is 14.9 Å². The number of nitro groups is 1. The van der Waals surface area contributed by atoms with Crippen molar-refractivity contribution in [3.8, 4) is 0 Å². The lowest BCUT2D eigenvalue weighted by molar-refractivity contribution is -0.402. The summed E-state index contributed by atoms with van der Waals surface area (Å²) in [5.41, 5.74) is 0.994. The zero-order valence-electron chi connectivity index (χ0n) is 13.7. The molecule has 0 saturated carbocycles. The molecule has 0 aliphatic heterocycles. The van der Waals surface area contributed by atoms with Gasteiger partial charge in [0.25, 0.3) is 0 Å². The molecule has 4 aromatic rings. The number of rotatable bonds is 3. The molecular formula is C18H13N3O4S. The van der Waals surface area contributed by atoms with Gasteiger partial charge in [0, 0.05) is 11.9 Å². The average molecular weight is 367 g/mol. The van der Waals surface area contributed by atoms with E-state index < -0.39 is 16.7 Å². The van der Waals surface area contributed by atoms with Gasteiger partial charge in [-0.25, -0.2) is 0 Å². The van der Waals surface area contributed by atoms with E-state index in [0.717, 1.165) is 27.1 Å². The van der Waals surface area contributed by atoms with E-state index in [1.807, 2.05) is 47.9 Å². The number of aryl methyl sites for hydroxylation is 1. The van der Waals surface area contributed by atoms with Gasteiger partial charge in [-0.3, -0.25) is 14.9 Å². The van der Waals surface area contributed by atoms with Gasteiger partial charge in [-0.2, -0.15) is 4.99 Å².